The number of hydrogen-bond donors (Lipinski definition) is 3. The first-order valence-corrected chi connectivity index (χ1v) is 9.74. The highest BCUT2D eigenvalue weighted by Gasteiger charge is 2.33. The van der Waals surface area contributed by atoms with Crippen LogP contribution in [0, 0.1) is 0 Å². The van der Waals surface area contributed by atoms with Crippen LogP contribution < -0.4 is 10.7 Å². The van der Waals surface area contributed by atoms with E-state index in [0.29, 0.717) is 19.4 Å². The molecule has 10 heteroatoms. The Morgan fingerprint density at radius 3 is 2.75 bits per heavy atom. The van der Waals surface area contributed by atoms with Crippen LogP contribution in [-0.4, -0.2) is 57.3 Å². The van der Waals surface area contributed by atoms with Gasteiger partial charge in [0.25, 0.3) is 5.91 Å². The number of hydrazine groups is 1. The van der Waals surface area contributed by atoms with Gasteiger partial charge >= 0.3 is 12.1 Å². The lowest BCUT2D eigenvalue weighted by Crippen LogP contribution is -2.60. The number of ether oxygens (including phenoxy) is 1. The number of aromatic nitrogens is 1. The Hall–Kier alpha value is -2.20. The molecule has 1 aliphatic heterocycles. The number of carbonyl (C=O) groups excluding carboxylic acids is 2. The lowest BCUT2D eigenvalue weighted by molar-refractivity contribution is -0.147. The van der Waals surface area contributed by atoms with Crippen molar-refractivity contribution in [2.24, 2.45) is 0 Å². The van der Waals surface area contributed by atoms with Crippen LogP contribution in [0.15, 0.2) is 22.9 Å². The molecule has 3 N–H and O–H groups in total. The molecule has 0 aliphatic carbocycles. The van der Waals surface area contributed by atoms with Crippen molar-refractivity contribution in [1.29, 1.82) is 0 Å². The van der Waals surface area contributed by atoms with Gasteiger partial charge in [0.2, 0.25) is 0 Å². The first kappa shape index (κ1) is 22.1. The van der Waals surface area contributed by atoms with Gasteiger partial charge < -0.3 is 15.2 Å². The number of amides is 2. The Morgan fingerprint density at radius 2 is 2.14 bits per heavy atom. The molecule has 1 aromatic heterocycles. The monoisotopic (exact) mass is 456 g/mol. The Kier molecular flexibility index (Phi) is 7.36. The maximum atomic E-state index is 13.0. The first-order chi connectivity index (χ1) is 13.0. The molecule has 0 unspecified atom stereocenters. The Labute approximate surface area is 171 Å². The van der Waals surface area contributed by atoms with E-state index in [1.807, 2.05) is 0 Å². The predicted molar refractivity (Wildman–Crippen MR) is 104 cm³/mol. The number of rotatable bonds is 5. The van der Waals surface area contributed by atoms with Gasteiger partial charge in [-0.2, -0.15) is 0 Å². The Balaban J connectivity index is 2.17. The predicted octanol–water partition coefficient (Wildman–Crippen LogP) is 1.86. The van der Waals surface area contributed by atoms with E-state index >= 15 is 0 Å². The van der Waals surface area contributed by atoms with Crippen molar-refractivity contribution in [3.05, 3.63) is 28.5 Å². The highest BCUT2D eigenvalue weighted by Crippen LogP contribution is 2.15. The average Bonchev–Trinajstić information content (AvgIpc) is 2.59. The van der Waals surface area contributed by atoms with Crippen molar-refractivity contribution in [2.45, 2.75) is 57.7 Å². The van der Waals surface area contributed by atoms with E-state index in [9.17, 15) is 19.5 Å². The van der Waals surface area contributed by atoms with Crippen LogP contribution in [0.4, 0.5) is 4.79 Å². The van der Waals surface area contributed by atoms with Gasteiger partial charge in [0.1, 0.15) is 17.7 Å². The molecule has 1 aromatic rings. The van der Waals surface area contributed by atoms with Crippen LogP contribution in [0.5, 0.6) is 0 Å². The second-order valence-corrected chi connectivity index (χ2v) is 8.48. The van der Waals surface area contributed by atoms with Crippen LogP contribution in [0.1, 0.15) is 39.2 Å². The van der Waals surface area contributed by atoms with E-state index in [-0.39, 0.29) is 6.42 Å². The van der Waals surface area contributed by atoms with Gasteiger partial charge in [-0.15, -0.1) is 0 Å². The molecule has 28 heavy (non-hydrogen) atoms. The Bertz CT molecular complexity index is 737. The quantitative estimate of drug-likeness (QED) is 0.617. The summed E-state index contributed by atoms with van der Waals surface area (Å²) < 4.78 is 6.01. The molecule has 0 radical (unpaired) electrons. The van der Waals surface area contributed by atoms with Crippen molar-refractivity contribution in [3.63, 3.8) is 0 Å². The molecule has 154 valence electrons. The zero-order chi connectivity index (χ0) is 20.9. The average molecular weight is 457 g/mol. The highest BCUT2D eigenvalue weighted by molar-refractivity contribution is 9.10. The van der Waals surface area contributed by atoms with E-state index in [2.05, 4.69) is 31.7 Å². The summed E-state index contributed by atoms with van der Waals surface area (Å²) in [5, 5.41) is 13.1. The van der Waals surface area contributed by atoms with Gasteiger partial charge in [-0.3, -0.25) is 19.6 Å². The van der Waals surface area contributed by atoms with E-state index < -0.39 is 35.7 Å². The fraction of sp³-hybridized carbons (Fsp3) is 0.556. The number of pyridine rings is 1. The molecule has 2 amide bonds. The van der Waals surface area contributed by atoms with E-state index in [1.165, 1.54) is 5.01 Å². The number of nitrogens with one attached hydrogen (secondary N) is 2. The third kappa shape index (κ3) is 6.75. The third-order valence-electron chi connectivity index (χ3n) is 3.94. The van der Waals surface area contributed by atoms with Crippen molar-refractivity contribution in [1.82, 2.24) is 20.7 Å². The lowest BCUT2D eigenvalue weighted by Gasteiger charge is -2.34. The van der Waals surface area contributed by atoms with Crippen molar-refractivity contribution < 1.29 is 24.2 Å². The molecule has 0 aromatic carbocycles. The molecule has 1 fully saturated rings. The summed E-state index contributed by atoms with van der Waals surface area (Å²) in [6.45, 7) is 5.54. The lowest BCUT2D eigenvalue weighted by atomic mass is 10.1. The second kappa shape index (κ2) is 9.33. The molecule has 1 saturated heterocycles. The molecular weight excluding hydrogens is 432 g/mol. The molecule has 0 bridgehead atoms. The smallest absolute Gasteiger partial charge is 0.408 e. The van der Waals surface area contributed by atoms with Crippen LogP contribution in [0.25, 0.3) is 0 Å². The normalized spacial score (nSPS) is 18.3. The van der Waals surface area contributed by atoms with Crippen molar-refractivity contribution >= 4 is 33.9 Å². The highest BCUT2D eigenvalue weighted by atomic mass is 79.9. The fourth-order valence-corrected chi connectivity index (χ4v) is 3.18. The van der Waals surface area contributed by atoms with Crippen molar-refractivity contribution in [3.8, 4) is 0 Å². The number of carbonyl (C=O) groups is 3. The number of alkyl carbamates (subject to hydrolysis) is 1. The standard InChI is InChI=1S/C18H25BrN4O5/c1-18(2,3)28-17(27)21-14(8-11-7-12(19)10-20-9-11)15(24)23-6-4-5-13(22-23)16(25)26/h7,9-10,13-14,22H,4-6,8H2,1-3H3,(H,21,27)(H,25,26)/t13-,14-/m0/s1. The van der Waals surface area contributed by atoms with Crippen LogP contribution in [0.3, 0.4) is 0 Å². The molecule has 0 saturated carbocycles. The molecule has 9 nitrogen and oxygen atoms in total. The van der Waals surface area contributed by atoms with Gasteiger partial charge in [0, 0.05) is 29.8 Å². The summed E-state index contributed by atoms with van der Waals surface area (Å²) in [5.74, 6) is -1.46. The summed E-state index contributed by atoms with van der Waals surface area (Å²) in [4.78, 5) is 40.6. The fourth-order valence-electron chi connectivity index (χ4n) is 2.76. The van der Waals surface area contributed by atoms with Crippen LogP contribution in [-0.2, 0) is 20.7 Å². The molecule has 2 rings (SSSR count). The minimum Gasteiger partial charge on any atom is -0.480 e. The van der Waals surface area contributed by atoms with E-state index in [1.54, 1.807) is 39.2 Å². The number of carboxylic acid groups (broad SMARTS) is 1. The summed E-state index contributed by atoms with van der Waals surface area (Å²) in [6, 6.07) is 0.0201. The zero-order valence-electron chi connectivity index (χ0n) is 16.1. The maximum absolute atomic E-state index is 13.0. The number of hydrogen-bond acceptors (Lipinski definition) is 6. The molecule has 2 atom stereocenters. The summed E-state index contributed by atoms with van der Waals surface area (Å²) in [7, 11) is 0. The third-order valence-corrected chi connectivity index (χ3v) is 4.37. The van der Waals surface area contributed by atoms with Crippen LogP contribution in [0.2, 0.25) is 0 Å². The zero-order valence-corrected chi connectivity index (χ0v) is 17.7. The maximum Gasteiger partial charge on any atom is 0.408 e. The Morgan fingerprint density at radius 1 is 1.43 bits per heavy atom. The number of halogens is 1. The van der Waals surface area contributed by atoms with Crippen LogP contribution >= 0.6 is 15.9 Å². The van der Waals surface area contributed by atoms with Gasteiger partial charge in [0.05, 0.1) is 0 Å². The minimum atomic E-state index is -1.02. The molecule has 1 aliphatic rings. The summed E-state index contributed by atoms with van der Waals surface area (Å²) in [5.41, 5.74) is 2.74. The van der Waals surface area contributed by atoms with Gasteiger partial charge in [-0.05, 0) is 61.2 Å². The van der Waals surface area contributed by atoms with Gasteiger partial charge in [-0.1, -0.05) is 0 Å². The number of aliphatic carboxylic acids is 1. The van der Waals surface area contributed by atoms with Gasteiger partial charge in [0.15, 0.2) is 0 Å². The topological polar surface area (TPSA) is 121 Å². The van der Waals surface area contributed by atoms with E-state index in [4.69, 9.17) is 4.74 Å². The SMILES string of the molecule is CC(C)(C)OC(=O)N[C@@H](Cc1cncc(Br)c1)C(=O)N1CCC[C@@H](C(=O)O)N1. The minimum absolute atomic E-state index is 0.181. The molecular formula is C18H25BrN4O5. The first-order valence-electron chi connectivity index (χ1n) is 8.94. The molecule has 0 spiro atoms. The van der Waals surface area contributed by atoms with Gasteiger partial charge in [-0.25, -0.2) is 10.2 Å². The largest absolute Gasteiger partial charge is 0.480 e. The van der Waals surface area contributed by atoms with Crippen molar-refractivity contribution in [2.75, 3.05) is 6.54 Å². The number of nitrogens with zero attached hydrogens (tertiary/aromatic N) is 2. The second-order valence-electron chi connectivity index (χ2n) is 7.57. The van der Waals surface area contributed by atoms with E-state index in [0.717, 1.165) is 10.0 Å². The summed E-state index contributed by atoms with van der Waals surface area (Å²) >= 11 is 3.33. The number of carboxylic acids is 1. The summed E-state index contributed by atoms with van der Waals surface area (Å²) in [6.07, 6.45) is 3.66. The molecule has 2 heterocycles.